The Balaban J connectivity index is 1.86. The molecule has 116 valence electrons. The van der Waals surface area contributed by atoms with Gasteiger partial charge in [-0.3, -0.25) is 0 Å². The lowest BCUT2D eigenvalue weighted by Crippen LogP contribution is -2.44. The molecule has 0 bridgehead atoms. The fourth-order valence-electron chi connectivity index (χ4n) is 2.74. The van der Waals surface area contributed by atoms with E-state index in [2.05, 4.69) is 26.6 Å². The summed E-state index contributed by atoms with van der Waals surface area (Å²) in [5.41, 5.74) is 1.03. The topological polar surface area (TPSA) is 61.4 Å². The Kier molecular flexibility index (Phi) is 5.65. The lowest BCUT2D eigenvalue weighted by molar-refractivity contribution is 0.0281. The van der Waals surface area contributed by atoms with E-state index in [9.17, 15) is 9.90 Å². The van der Waals surface area contributed by atoms with Gasteiger partial charge in [-0.05, 0) is 43.5 Å². The maximum atomic E-state index is 12.0. The predicted octanol–water partition coefficient (Wildman–Crippen LogP) is 3.96. The van der Waals surface area contributed by atoms with Gasteiger partial charge >= 0.3 is 6.03 Å². The van der Waals surface area contributed by atoms with Crippen molar-refractivity contribution < 1.29 is 9.90 Å². The summed E-state index contributed by atoms with van der Waals surface area (Å²) in [6.07, 6.45) is 5.95. The minimum atomic E-state index is -0.747. The first kappa shape index (κ1) is 16.3. The molecule has 2 rings (SSSR count). The van der Waals surface area contributed by atoms with Gasteiger partial charge in [0.1, 0.15) is 0 Å². The zero-order chi connectivity index (χ0) is 15.3. The third-order valence-electron chi connectivity index (χ3n) is 4.05. The number of carbonyl (C=O) groups excluding carboxylic acids is 1. The summed E-state index contributed by atoms with van der Waals surface area (Å²) in [7, 11) is 0. The standard InChI is InChI=1S/C16H23BrN2O2/c1-12-10-13(17)6-7-14(12)19-15(20)18-11-16(21)8-4-2-3-5-9-16/h6-7,10,21H,2-5,8-9,11H2,1H3,(H2,18,19,20). The number of urea groups is 1. The van der Waals surface area contributed by atoms with Gasteiger partial charge in [0, 0.05) is 16.7 Å². The SMILES string of the molecule is Cc1cc(Br)ccc1NC(=O)NCC1(O)CCCCCC1. The Morgan fingerprint density at radius 2 is 1.95 bits per heavy atom. The molecule has 1 aromatic carbocycles. The fraction of sp³-hybridized carbons (Fsp3) is 0.562. The molecule has 21 heavy (non-hydrogen) atoms. The molecule has 0 aliphatic heterocycles. The average Bonchev–Trinajstić information content (AvgIpc) is 2.65. The quantitative estimate of drug-likeness (QED) is 0.719. The number of hydrogen-bond acceptors (Lipinski definition) is 2. The number of halogens is 1. The predicted molar refractivity (Wildman–Crippen MR) is 88.6 cm³/mol. The monoisotopic (exact) mass is 354 g/mol. The molecule has 0 spiro atoms. The van der Waals surface area contributed by atoms with Crippen LogP contribution in [-0.2, 0) is 0 Å². The number of rotatable bonds is 3. The van der Waals surface area contributed by atoms with Crippen molar-refractivity contribution in [3.63, 3.8) is 0 Å². The molecule has 0 unspecified atom stereocenters. The summed E-state index contributed by atoms with van der Waals surface area (Å²) < 4.78 is 0.985. The number of carbonyl (C=O) groups is 1. The van der Waals surface area contributed by atoms with Gasteiger partial charge in [0.15, 0.2) is 0 Å². The minimum absolute atomic E-state index is 0.266. The summed E-state index contributed by atoms with van der Waals surface area (Å²) >= 11 is 3.40. The van der Waals surface area contributed by atoms with E-state index in [4.69, 9.17) is 0 Å². The van der Waals surface area contributed by atoms with Crippen molar-refractivity contribution in [2.75, 3.05) is 11.9 Å². The average molecular weight is 355 g/mol. The Morgan fingerprint density at radius 1 is 1.29 bits per heavy atom. The molecule has 5 heteroatoms. The van der Waals surface area contributed by atoms with Crippen LogP contribution in [0.1, 0.15) is 44.1 Å². The second-order valence-electron chi connectivity index (χ2n) is 5.91. The normalized spacial score (nSPS) is 17.9. The molecule has 3 N–H and O–H groups in total. The van der Waals surface area contributed by atoms with Gasteiger partial charge in [-0.1, -0.05) is 41.6 Å². The third kappa shape index (κ3) is 5.00. The molecule has 0 aromatic heterocycles. The molecule has 0 saturated heterocycles. The van der Waals surface area contributed by atoms with Gasteiger partial charge in [-0.2, -0.15) is 0 Å². The number of aliphatic hydroxyl groups is 1. The highest BCUT2D eigenvalue weighted by Gasteiger charge is 2.28. The van der Waals surface area contributed by atoms with Crippen LogP contribution in [0.2, 0.25) is 0 Å². The van der Waals surface area contributed by atoms with Crippen LogP contribution in [0.5, 0.6) is 0 Å². The second kappa shape index (κ2) is 7.27. The number of aryl methyl sites for hydroxylation is 1. The van der Waals surface area contributed by atoms with Crippen LogP contribution in [0.3, 0.4) is 0 Å². The molecule has 4 nitrogen and oxygen atoms in total. The maximum Gasteiger partial charge on any atom is 0.319 e. The molecule has 1 aromatic rings. The molecule has 2 amide bonds. The lowest BCUT2D eigenvalue weighted by atomic mass is 9.95. The molecule has 0 atom stereocenters. The van der Waals surface area contributed by atoms with Gasteiger partial charge in [0.05, 0.1) is 5.60 Å². The van der Waals surface area contributed by atoms with Crippen molar-refractivity contribution >= 4 is 27.6 Å². The first-order valence-corrected chi connectivity index (χ1v) is 8.31. The van der Waals surface area contributed by atoms with Crippen LogP contribution in [0, 0.1) is 6.92 Å². The molecule has 1 aliphatic rings. The Morgan fingerprint density at radius 3 is 2.57 bits per heavy atom. The number of anilines is 1. The zero-order valence-corrected chi connectivity index (χ0v) is 14.0. The number of amides is 2. The van der Waals surface area contributed by atoms with Gasteiger partial charge in [-0.15, -0.1) is 0 Å². The second-order valence-corrected chi connectivity index (χ2v) is 6.82. The van der Waals surface area contributed by atoms with Gasteiger partial charge in [0.25, 0.3) is 0 Å². The van der Waals surface area contributed by atoms with E-state index in [1.54, 1.807) is 0 Å². The van der Waals surface area contributed by atoms with Crippen LogP contribution in [0.15, 0.2) is 22.7 Å². The highest BCUT2D eigenvalue weighted by atomic mass is 79.9. The summed E-state index contributed by atoms with van der Waals surface area (Å²) in [5, 5.41) is 16.1. The van der Waals surface area contributed by atoms with Crippen molar-refractivity contribution in [1.29, 1.82) is 0 Å². The van der Waals surface area contributed by atoms with E-state index in [1.807, 2.05) is 25.1 Å². The van der Waals surface area contributed by atoms with Crippen molar-refractivity contribution in [2.24, 2.45) is 0 Å². The molecule has 1 aliphatic carbocycles. The van der Waals surface area contributed by atoms with E-state index in [0.717, 1.165) is 41.4 Å². The van der Waals surface area contributed by atoms with E-state index in [1.165, 1.54) is 12.8 Å². The number of nitrogens with one attached hydrogen (secondary N) is 2. The van der Waals surface area contributed by atoms with Crippen molar-refractivity contribution in [3.8, 4) is 0 Å². The van der Waals surface area contributed by atoms with Crippen LogP contribution in [0.4, 0.5) is 10.5 Å². The summed E-state index contributed by atoms with van der Waals surface area (Å²) in [6, 6.07) is 5.44. The van der Waals surface area contributed by atoms with Crippen molar-refractivity contribution in [3.05, 3.63) is 28.2 Å². The summed E-state index contributed by atoms with van der Waals surface area (Å²) in [6.45, 7) is 2.26. The summed E-state index contributed by atoms with van der Waals surface area (Å²) in [4.78, 5) is 12.0. The molecule has 1 saturated carbocycles. The van der Waals surface area contributed by atoms with Crippen molar-refractivity contribution in [2.45, 2.75) is 51.0 Å². The van der Waals surface area contributed by atoms with Crippen molar-refractivity contribution in [1.82, 2.24) is 5.32 Å². The first-order valence-electron chi connectivity index (χ1n) is 7.52. The summed E-state index contributed by atoms with van der Waals surface area (Å²) in [5.74, 6) is 0. The van der Waals surface area contributed by atoms with Gasteiger partial charge in [-0.25, -0.2) is 4.79 Å². The van der Waals surface area contributed by atoms with E-state index in [0.29, 0.717) is 6.54 Å². The van der Waals surface area contributed by atoms with Crippen LogP contribution in [-0.4, -0.2) is 23.3 Å². The first-order chi connectivity index (χ1) is 9.98. The molecule has 1 fully saturated rings. The highest BCUT2D eigenvalue weighted by molar-refractivity contribution is 9.10. The molecule has 0 radical (unpaired) electrons. The van der Waals surface area contributed by atoms with E-state index < -0.39 is 5.60 Å². The fourth-order valence-corrected chi connectivity index (χ4v) is 3.22. The molecular formula is C16H23BrN2O2. The van der Waals surface area contributed by atoms with E-state index in [-0.39, 0.29) is 6.03 Å². The third-order valence-corrected chi connectivity index (χ3v) is 4.54. The highest BCUT2D eigenvalue weighted by Crippen LogP contribution is 2.26. The smallest absolute Gasteiger partial charge is 0.319 e. The Hall–Kier alpha value is -1.07. The van der Waals surface area contributed by atoms with E-state index >= 15 is 0 Å². The van der Waals surface area contributed by atoms with Crippen LogP contribution in [0.25, 0.3) is 0 Å². The van der Waals surface area contributed by atoms with Gasteiger partial charge < -0.3 is 15.7 Å². The number of hydrogen-bond donors (Lipinski definition) is 3. The maximum absolute atomic E-state index is 12.0. The van der Waals surface area contributed by atoms with Gasteiger partial charge in [0.2, 0.25) is 0 Å². The minimum Gasteiger partial charge on any atom is -0.388 e. The Bertz CT molecular complexity index is 497. The van der Waals surface area contributed by atoms with Crippen LogP contribution >= 0.6 is 15.9 Å². The Labute approximate surface area is 134 Å². The number of benzene rings is 1. The molecular weight excluding hydrogens is 332 g/mol. The zero-order valence-electron chi connectivity index (χ0n) is 12.4. The lowest BCUT2D eigenvalue weighted by Gasteiger charge is -2.26. The largest absolute Gasteiger partial charge is 0.388 e. The molecule has 0 heterocycles. The van der Waals surface area contributed by atoms with Crippen LogP contribution < -0.4 is 10.6 Å².